The SMILES string of the molecule is CC(O)C(NC(=O)C(CC(N)=O)NC(=O)C(N)CS)C(=O)NCC(=O)O. The van der Waals surface area contributed by atoms with E-state index in [1.165, 1.54) is 6.92 Å². The molecule has 0 bridgehead atoms. The molecule has 0 aliphatic rings. The standard InChI is InChI=1S/C13H23N5O7S/c1-5(19)10(13(25)16-3-9(21)22)18-12(24)7(2-8(15)20)17-11(23)6(14)4-26/h5-7,10,19,26H,2-4,14H2,1H3,(H2,15,20)(H,16,25)(H,17,23)(H,18,24)(H,21,22). The highest BCUT2D eigenvalue weighted by Crippen LogP contribution is 1.99. The summed E-state index contributed by atoms with van der Waals surface area (Å²) in [5.41, 5.74) is 10.5. The first-order valence-corrected chi connectivity index (χ1v) is 8.05. The predicted molar refractivity (Wildman–Crippen MR) is 91.8 cm³/mol. The molecule has 0 rings (SSSR count). The number of carbonyl (C=O) groups is 5. The summed E-state index contributed by atoms with van der Waals surface area (Å²) in [7, 11) is 0. The molecule has 4 unspecified atom stereocenters. The molecule has 0 heterocycles. The lowest BCUT2D eigenvalue weighted by atomic mass is 10.1. The molecule has 0 aromatic heterocycles. The van der Waals surface area contributed by atoms with Gasteiger partial charge < -0.3 is 37.6 Å². The lowest BCUT2D eigenvalue weighted by Gasteiger charge is -2.24. The van der Waals surface area contributed by atoms with Gasteiger partial charge in [-0.3, -0.25) is 24.0 Å². The van der Waals surface area contributed by atoms with Crippen molar-refractivity contribution >= 4 is 42.2 Å². The molecular weight excluding hydrogens is 370 g/mol. The number of hydrogen-bond donors (Lipinski definition) is 8. The van der Waals surface area contributed by atoms with Crippen LogP contribution in [0, 0.1) is 0 Å². The highest BCUT2D eigenvalue weighted by atomic mass is 32.1. The van der Waals surface area contributed by atoms with Crippen LogP contribution in [0.4, 0.5) is 0 Å². The molecular formula is C13H23N5O7S. The Kier molecular flexibility index (Phi) is 10.2. The average molecular weight is 393 g/mol. The molecule has 0 fully saturated rings. The van der Waals surface area contributed by atoms with Gasteiger partial charge >= 0.3 is 5.97 Å². The van der Waals surface area contributed by atoms with E-state index in [0.29, 0.717) is 0 Å². The average Bonchev–Trinajstić information content (AvgIpc) is 2.54. The summed E-state index contributed by atoms with van der Waals surface area (Å²) < 4.78 is 0. The van der Waals surface area contributed by atoms with Gasteiger partial charge in [0.15, 0.2) is 0 Å². The zero-order valence-electron chi connectivity index (χ0n) is 14.0. The van der Waals surface area contributed by atoms with Crippen LogP contribution in [0.5, 0.6) is 0 Å². The first-order chi connectivity index (χ1) is 12.0. The van der Waals surface area contributed by atoms with Crippen LogP contribution in [0.1, 0.15) is 13.3 Å². The van der Waals surface area contributed by atoms with Crippen molar-refractivity contribution in [3.05, 3.63) is 0 Å². The molecule has 0 saturated carbocycles. The van der Waals surface area contributed by atoms with Crippen LogP contribution in [-0.2, 0) is 24.0 Å². The fraction of sp³-hybridized carbons (Fsp3) is 0.615. The second kappa shape index (κ2) is 11.3. The minimum absolute atomic E-state index is 0.0232. The highest BCUT2D eigenvalue weighted by molar-refractivity contribution is 7.80. The number of amides is 4. The van der Waals surface area contributed by atoms with Gasteiger partial charge in [-0.2, -0.15) is 12.6 Å². The van der Waals surface area contributed by atoms with Crippen LogP contribution in [0.3, 0.4) is 0 Å². The van der Waals surface area contributed by atoms with Crippen molar-refractivity contribution < 1.29 is 34.2 Å². The maximum atomic E-state index is 12.3. The first-order valence-electron chi connectivity index (χ1n) is 7.42. The molecule has 4 atom stereocenters. The van der Waals surface area contributed by atoms with Crippen molar-refractivity contribution in [2.75, 3.05) is 12.3 Å². The van der Waals surface area contributed by atoms with E-state index in [0.717, 1.165) is 0 Å². The van der Waals surface area contributed by atoms with Crippen LogP contribution in [0.15, 0.2) is 0 Å². The fourth-order valence-corrected chi connectivity index (χ4v) is 1.87. The Morgan fingerprint density at radius 2 is 1.65 bits per heavy atom. The van der Waals surface area contributed by atoms with Crippen molar-refractivity contribution in [1.82, 2.24) is 16.0 Å². The maximum absolute atomic E-state index is 12.3. The third-order valence-corrected chi connectivity index (χ3v) is 3.44. The Bertz CT molecular complexity index is 557. The van der Waals surface area contributed by atoms with E-state index in [9.17, 15) is 29.1 Å². The number of carboxylic acids is 1. The molecule has 0 aromatic carbocycles. The molecule has 0 aliphatic carbocycles. The number of nitrogens with one attached hydrogen (secondary N) is 3. The summed E-state index contributed by atoms with van der Waals surface area (Å²) in [6, 6.07) is -4.01. The zero-order valence-corrected chi connectivity index (χ0v) is 14.9. The maximum Gasteiger partial charge on any atom is 0.322 e. The number of thiol groups is 1. The van der Waals surface area contributed by atoms with Gasteiger partial charge in [-0.05, 0) is 6.92 Å². The lowest BCUT2D eigenvalue weighted by molar-refractivity contribution is -0.139. The summed E-state index contributed by atoms with van der Waals surface area (Å²) in [6.45, 7) is 0.458. The molecule has 12 nitrogen and oxygen atoms in total. The van der Waals surface area contributed by atoms with Crippen LogP contribution >= 0.6 is 12.6 Å². The Balaban J connectivity index is 5.15. The van der Waals surface area contributed by atoms with Crippen LogP contribution in [0.25, 0.3) is 0 Å². The smallest absolute Gasteiger partial charge is 0.322 e. The number of primary amides is 1. The number of aliphatic carboxylic acids is 1. The largest absolute Gasteiger partial charge is 0.480 e. The Labute approximate surface area is 154 Å². The molecule has 0 spiro atoms. The summed E-state index contributed by atoms with van der Waals surface area (Å²) in [6.07, 6.45) is -1.97. The van der Waals surface area contributed by atoms with E-state index in [4.69, 9.17) is 16.6 Å². The monoisotopic (exact) mass is 393 g/mol. The number of carboxylic acid groups (broad SMARTS) is 1. The lowest BCUT2D eigenvalue weighted by Crippen LogP contribution is -2.59. The summed E-state index contributed by atoms with van der Waals surface area (Å²) in [5, 5.41) is 24.5. The van der Waals surface area contributed by atoms with Crippen molar-refractivity contribution in [3.8, 4) is 0 Å². The number of nitrogens with two attached hydrogens (primary N) is 2. The van der Waals surface area contributed by atoms with Crippen LogP contribution < -0.4 is 27.4 Å². The topological polar surface area (TPSA) is 214 Å². The van der Waals surface area contributed by atoms with Gasteiger partial charge in [0.2, 0.25) is 23.6 Å². The molecule has 0 radical (unpaired) electrons. The van der Waals surface area contributed by atoms with Crippen molar-refractivity contribution in [1.29, 1.82) is 0 Å². The predicted octanol–water partition coefficient (Wildman–Crippen LogP) is -4.33. The number of rotatable bonds is 11. The number of carbonyl (C=O) groups excluding carboxylic acids is 4. The van der Waals surface area contributed by atoms with Crippen LogP contribution in [-0.4, -0.2) is 76.3 Å². The zero-order chi connectivity index (χ0) is 20.4. The van der Waals surface area contributed by atoms with E-state index < -0.39 is 66.8 Å². The normalized spacial score (nSPS) is 15.1. The Hall–Kier alpha value is -2.38. The first kappa shape index (κ1) is 23.6. The van der Waals surface area contributed by atoms with Gasteiger partial charge in [-0.1, -0.05) is 0 Å². The van der Waals surface area contributed by atoms with E-state index in [1.807, 2.05) is 5.32 Å². The van der Waals surface area contributed by atoms with Crippen molar-refractivity contribution in [2.24, 2.45) is 11.5 Å². The van der Waals surface area contributed by atoms with E-state index in [2.05, 4.69) is 23.3 Å². The molecule has 26 heavy (non-hydrogen) atoms. The van der Waals surface area contributed by atoms with Gasteiger partial charge in [0.05, 0.1) is 18.6 Å². The number of hydrogen-bond acceptors (Lipinski definition) is 8. The van der Waals surface area contributed by atoms with Gasteiger partial charge in [0.1, 0.15) is 18.6 Å². The summed E-state index contributed by atoms with van der Waals surface area (Å²) in [5.74, 6) is -4.98. The minimum atomic E-state index is -1.52. The third-order valence-electron chi connectivity index (χ3n) is 3.05. The van der Waals surface area contributed by atoms with Gasteiger partial charge in [-0.25, -0.2) is 0 Å². The van der Waals surface area contributed by atoms with Crippen molar-refractivity contribution in [3.63, 3.8) is 0 Å². The Morgan fingerprint density at radius 3 is 2.08 bits per heavy atom. The molecule has 4 amide bonds. The summed E-state index contributed by atoms with van der Waals surface area (Å²) >= 11 is 3.84. The third kappa shape index (κ3) is 8.64. The quantitative estimate of drug-likeness (QED) is 0.160. The Morgan fingerprint density at radius 1 is 1.08 bits per heavy atom. The molecule has 0 aliphatic heterocycles. The molecule has 148 valence electrons. The van der Waals surface area contributed by atoms with Gasteiger partial charge in [-0.15, -0.1) is 0 Å². The minimum Gasteiger partial charge on any atom is -0.480 e. The number of aliphatic hydroxyl groups excluding tert-OH is 1. The van der Waals surface area contributed by atoms with Gasteiger partial charge in [0, 0.05) is 5.75 Å². The molecule has 13 heteroatoms. The molecule has 0 aromatic rings. The van der Waals surface area contributed by atoms with Crippen LogP contribution in [0.2, 0.25) is 0 Å². The molecule has 0 saturated heterocycles. The van der Waals surface area contributed by atoms with E-state index in [-0.39, 0.29) is 5.75 Å². The van der Waals surface area contributed by atoms with E-state index in [1.54, 1.807) is 0 Å². The second-order valence-corrected chi connectivity index (χ2v) is 5.72. The molecule has 9 N–H and O–H groups in total. The highest BCUT2D eigenvalue weighted by Gasteiger charge is 2.31. The summed E-state index contributed by atoms with van der Waals surface area (Å²) in [4.78, 5) is 57.6. The fourth-order valence-electron chi connectivity index (χ4n) is 1.70. The van der Waals surface area contributed by atoms with E-state index >= 15 is 0 Å². The second-order valence-electron chi connectivity index (χ2n) is 5.36. The van der Waals surface area contributed by atoms with Gasteiger partial charge in [0.25, 0.3) is 0 Å². The van der Waals surface area contributed by atoms with Crippen molar-refractivity contribution in [2.45, 2.75) is 37.6 Å². The number of aliphatic hydroxyl groups is 1.